The number of aryl methyl sites for hydroxylation is 1. The van der Waals surface area contributed by atoms with Gasteiger partial charge in [0.2, 0.25) is 0 Å². The van der Waals surface area contributed by atoms with Crippen LogP contribution in [0.5, 0.6) is 0 Å². The van der Waals surface area contributed by atoms with Crippen LogP contribution in [0.4, 0.5) is 0 Å². The molecule has 0 spiro atoms. The van der Waals surface area contributed by atoms with Gasteiger partial charge in [-0.3, -0.25) is 4.68 Å². The van der Waals surface area contributed by atoms with Gasteiger partial charge >= 0.3 is 0 Å². The Morgan fingerprint density at radius 1 is 1.18 bits per heavy atom. The lowest BCUT2D eigenvalue weighted by molar-refractivity contribution is 0.466. The highest BCUT2D eigenvalue weighted by atomic mass is 15.3. The summed E-state index contributed by atoms with van der Waals surface area (Å²) in [5, 5.41) is 4.75. The Labute approximate surface area is 105 Å². The van der Waals surface area contributed by atoms with E-state index in [1.54, 1.807) is 0 Å². The number of rotatable bonds is 6. The molecule has 0 aromatic carbocycles. The van der Waals surface area contributed by atoms with E-state index < -0.39 is 0 Å². The number of nitrogens with zero attached hydrogens (tertiary/aromatic N) is 2. The maximum atomic E-state index is 5.95. The van der Waals surface area contributed by atoms with Crippen LogP contribution in [0.1, 0.15) is 51.6 Å². The van der Waals surface area contributed by atoms with Crippen molar-refractivity contribution in [3.05, 3.63) is 17.0 Å². The molecule has 0 aliphatic carbocycles. The normalized spacial score (nSPS) is 13.4. The van der Waals surface area contributed by atoms with E-state index >= 15 is 0 Å². The van der Waals surface area contributed by atoms with Crippen molar-refractivity contribution in [2.75, 3.05) is 0 Å². The van der Waals surface area contributed by atoms with Crippen molar-refractivity contribution in [1.29, 1.82) is 0 Å². The van der Waals surface area contributed by atoms with Gasteiger partial charge in [-0.05, 0) is 37.7 Å². The molecule has 0 saturated heterocycles. The summed E-state index contributed by atoms with van der Waals surface area (Å²) in [5.41, 5.74) is 9.96. The Kier molecular flexibility index (Phi) is 5.19. The molecule has 3 nitrogen and oxygen atoms in total. The predicted octanol–water partition coefficient (Wildman–Crippen LogP) is 2.55. The lowest BCUT2D eigenvalue weighted by Crippen LogP contribution is -2.19. The summed E-state index contributed by atoms with van der Waals surface area (Å²) >= 11 is 0. The highest BCUT2D eigenvalue weighted by Gasteiger charge is 2.16. The van der Waals surface area contributed by atoms with E-state index in [0.717, 1.165) is 25.8 Å². The fourth-order valence-corrected chi connectivity index (χ4v) is 2.32. The van der Waals surface area contributed by atoms with Crippen molar-refractivity contribution < 1.29 is 0 Å². The zero-order valence-corrected chi connectivity index (χ0v) is 12.0. The first-order valence-corrected chi connectivity index (χ1v) is 6.82. The van der Waals surface area contributed by atoms with Crippen molar-refractivity contribution >= 4 is 0 Å². The summed E-state index contributed by atoms with van der Waals surface area (Å²) in [5.74, 6) is 0.632. The van der Waals surface area contributed by atoms with Crippen LogP contribution in [0.2, 0.25) is 0 Å². The van der Waals surface area contributed by atoms with Crippen LogP contribution in [-0.2, 0) is 25.8 Å². The van der Waals surface area contributed by atoms with Crippen molar-refractivity contribution in [2.24, 2.45) is 11.7 Å². The summed E-state index contributed by atoms with van der Waals surface area (Å²) in [7, 11) is 0. The minimum Gasteiger partial charge on any atom is -0.328 e. The Morgan fingerprint density at radius 3 is 2.24 bits per heavy atom. The second kappa shape index (κ2) is 6.20. The average molecular weight is 237 g/mol. The second-order valence-corrected chi connectivity index (χ2v) is 5.34. The van der Waals surface area contributed by atoms with E-state index in [2.05, 4.69) is 39.3 Å². The SMILES string of the molecule is CCc1nn(CC(C)C)c(CC)c1CC(C)N. The average Bonchev–Trinajstić information content (AvgIpc) is 2.53. The molecule has 1 aromatic rings. The Bertz CT molecular complexity index is 351. The van der Waals surface area contributed by atoms with Crippen LogP contribution in [0.15, 0.2) is 0 Å². The number of hydrogen-bond donors (Lipinski definition) is 1. The van der Waals surface area contributed by atoms with Crippen molar-refractivity contribution in [3.8, 4) is 0 Å². The molecular weight excluding hydrogens is 210 g/mol. The maximum absolute atomic E-state index is 5.95. The molecule has 1 unspecified atom stereocenters. The number of hydrogen-bond acceptors (Lipinski definition) is 2. The van der Waals surface area contributed by atoms with Gasteiger partial charge in [0.1, 0.15) is 0 Å². The highest BCUT2D eigenvalue weighted by molar-refractivity contribution is 5.27. The second-order valence-electron chi connectivity index (χ2n) is 5.34. The van der Waals surface area contributed by atoms with Gasteiger partial charge in [-0.25, -0.2) is 0 Å². The van der Waals surface area contributed by atoms with Crippen LogP contribution < -0.4 is 5.73 Å². The fourth-order valence-electron chi connectivity index (χ4n) is 2.32. The molecule has 0 saturated carbocycles. The Hall–Kier alpha value is -0.830. The summed E-state index contributed by atoms with van der Waals surface area (Å²) < 4.78 is 2.20. The summed E-state index contributed by atoms with van der Waals surface area (Å²) in [6.07, 6.45) is 2.99. The minimum atomic E-state index is 0.210. The first kappa shape index (κ1) is 14.2. The topological polar surface area (TPSA) is 43.8 Å². The lowest BCUT2D eigenvalue weighted by atomic mass is 10.0. The minimum absolute atomic E-state index is 0.210. The van der Waals surface area contributed by atoms with Gasteiger partial charge in [-0.15, -0.1) is 0 Å². The van der Waals surface area contributed by atoms with Crippen molar-refractivity contribution in [2.45, 2.75) is 66.5 Å². The molecule has 3 heteroatoms. The molecule has 0 fully saturated rings. The predicted molar refractivity (Wildman–Crippen MR) is 73.2 cm³/mol. The quantitative estimate of drug-likeness (QED) is 0.826. The summed E-state index contributed by atoms with van der Waals surface area (Å²) in [4.78, 5) is 0. The van der Waals surface area contributed by atoms with Gasteiger partial charge in [0.05, 0.1) is 5.69 Å². The van der Waals surface area contributed by atoms with Gasteiger partial charge in [0, 0.05) is 18.3 Å². The van der Waals surface area contributed by atoms with Crippen molar-refractivity contribution in [1.82, 2.24) is 9.78 Å². The third kappa shape index (κ3) is 3.56. The molecular formula is C14H27N3. The molecule has 1 atom stereocenters. The van der Waals surface area contributed by atoms with E-state index in [4.69, 9.17) is 10.8 Å². The number of nitrogens with two attached hydrogens (primary N) is 1. The van der Waals surface area contributed by atoms with Crippen LogP contribution in [0.3, 0.4) is 0 Å². The largest absolute Gasteiger partial charge is 0.328 e. The molecule has 1 heterocycles. The first-order chi connectivity index (χ1) is 7.99. The van der Waals surface area contributed by atoms with E-state index in [-0.39, 0.29) is 6.04 Å². The molecule has 1 rings (SSSR count). The molecule has 0 aliphatic rings. The van der Waals surface area contributed by atoms with E-state index in [0.29, 0.717) is 5.92 Å². The van der Waals surface area contributed by atoms with Crippen LogP contribution in [0, 0.1) is 5.92 Å². The molecule has 17 heavy (non-hydrogen) atoms. The molecule has 0 bridgehead atoms. The summed E-state index contributed by atoms with van der Waals surface area (Å²) in [6, 6.07) is 0.210. The van der Waals surface area contributed by atoms with Gasteiger partial charge in [0.15, 0.2) is 0 Å². The third-order valence-corrected chi connectivity index (χ3v) is 2.98. The zero-order chi connectivity index (χ0) is 13.0. The molecule has 2 N–H and O–H groups in total. The van der Waals surface area contributed by atoms with E-state index in [9.17, 15) is 0 Å². The smallest absolute Gasteiger partial charge is 0.0657 e. The molecule has 1 aromatic heterocycles. The van der Waals surface area contributed by atoms with Crippen LogP contribution >= 0.6 is 0 Å². The lowest BCUT2D eigenvalue weighted by Gasteiger charge is -2.11. The van der Waals surface area contributed by atoms with Gasteiger partial charge in [0.25, 0.3) is 0 Å². The summed E-state index contributed by atoms with van der Waals surface area (Å²) in [6.45, 7) is 11.9. The van der Waals surface area contributed by atoms with E-state index in [1.165, 1.54) is 17.0 Å². The van der Waals surface area contributed by atoms with Crippen LogP contribution in [-0.4, -0.2) is 15.8 Å². The third-order valence-electron chi connectivity index (χ3n) is 2.98. The van der Waals surface area contributed by atoms with Crippen molar-refractivity contribution in [3.63, 3.8) is 0 Å². The van der Waals surface area contributed by atoms with E-state index in [1.807, 2.05) is 0 Å². The number of aromatic nitrogens is 2. The molecule has 0 radical (unpaired) electrons. The first-order valence-electron chi connectivity index (χ1n) is 6.82. The molecule has 98 valence electrons. The van der Waals surface area contributed by atoms with Gasteiger partial charge in [-0.1, -0.05) is 27.7 Å². The standard InChI is InChI=1S/C14H27N3/c1-6-13-12(8-11(5)15)14(7-2)17(16-13)9-10(3)4/h10-11H,6-9,15H2,1-5H3. The Balaban J connectivity index is 3.10. The molecule has 0 aliphatic heterocycles. The zero-order valence-electron chi connectivity index (χ0n) is 12.0. The van der Waals surface area contributed by atoms with Crippen LogP contribution in [0.25, 0.3) is 0 Å². The molecule has 0 amide bonds. The van der Waals surface area contributed by atoms with Gasteiger partial charge in [-0.2, -0.15) is 5.10 Å². The highest BCUT2D eigenvalue weighted by Crippen LogP contribution is 2.19. The monoisotopic (exact) mass is 237 g/mol. The van der Waals surface area contributed by atoms with Gasteiger partial charge < -0.3 is 5.73 Å². The maximum Gasteiger partial charge on any atom is 0.0657 e. The Morgan fingerprint density at radius 2 is 1.82 bits per heavy atom. The fraction of sp³-hybridized carbons (Fsp3) is 0.786.